The molecule has 0 radical (unpaired) electrons. The van der Waals surface area contributed by atoms with E-state index in [9.17, 15) is 9.18 Å². The van der Waals surface area contributed by atoms with E-state index < -0.39 is 0 Å². The molecule has 0 aromatic heterocycles. The summed E-state index contributed by atoms with van der Waals surface area (Å²) in [5.41, 5.74) is 0.929. The van der Waals surface area contributed by atoms with Gasteiger partial charge in [0.2, 0.25) is 5.91 Å². The molecule has 1 aliphatic carbocycles. The van der Waals surface area contributed by atoms with E-state index in [-0.39, 0.29) is 17.6 Å². The summed E-state index contributed by atoms with van der Waals surface area (Å²) in [6.45, 7) is 2.56. The molecule has 1 fully saturated rings. The molecule has 80 valence electrons. The van der Waals surface area contributed by atoms with Crippen molar-refractivity contribution in [3.63, 3.8) is 0 Å². The zero-order chi connectivity index (χ0) is 10.8. The van der Waals surface area contributed by atoms with Crippen molar-refractivity contribution in [1.82, 2.24) is 5.32 Å². The lowest BCUT2D eigenvalue weighted by Crippen LogP contribution is -2.24. The average molecular weight is 207 g/mol. The Morgan fingerprint density at radius 3 is 2.60 bits per heavy atom. The Morgan fingerprint density at radius 1 is 1.47 bits per heavy atom. The van der Waals surface area contributed by atoms with Crippen LogP contribution in [0.15, 0.2) is 24.3 Å². The topological polar surface area (TPSA) is 29.1 Å². The monoisotopic (exact) mass is 207 g/mol. The Labute approximate surface area is 88.5 Å². The lowest BCUT2D eigenvalue weighted by molar-refractivity contribution is -0.122. The lowest BCUT2D eigenvalue weighted by atomic mass is 10.2. The number of halogens is 1. The molecule has 0 unspecified atom stereocenters. The van der Waals surface area contributed by atoms with Gasteiger partial charge < -0.3 is 5.32 Å². The summed E-state index contributed by atoms with van der Waals surface area (Å²) in [6, 6.07) is 6.18. The van der Waals surface area contributed by atoms with Gasteiger partial charge in [-0.25, -0.2) is 4.39 Å². The summed E-state index contributed by atoms with van der Waals surface area (Å²) < 4.78 is 12.6. The second-order valence-electron chi connectivity index (χ2n) is 4.16. The zero-order valence-corrected chi connectivity index (χ0v) is 8.66. The molecule has 1 aromatic carbocycles. The predicted octanol–water partition coefficient (Wildman–Crippen LogP) is 2.10. The molecule has 1 amide bonds. The maximum absolute atomic E-state index is 12.6. The highest BCUT2D eigenvalue weighted by Gasteiger charge is 2.38. The number of hydrogen-bond donors (Lipinski definition) is 1. The van der Waals surface area contributed by atoms with E-state index in [2.05, 4.69) is 12.2 Å². The van der Waals surface area contributed by atoms with Gasteiger partial charge in [0.15, 0.2) is 0 Å². The smallest absolute Gasteiger partial charge is 0.223 e. The van der Waals surface area contributed by atoms with Gasteiger partial charge >= 0.3 is 0 Å². The highest BCUT2D eigenvalue weighted by atomic mass is 19.1. The lowest BCUT2D eigenvalue weighted by Gasteiger charge is -2.04. The minimum atomic E-state index is -0.249. The van der Waals surface area contributed by atoms with Crippen LogP contribution in [0.4, 0.5) is 4.39 Å². The third-order valence-corrected chi connectivity index (χ3v) is 2.83. The quantitative estimate of drug-likeness (QED) is 0.808. The summed E-state index contributed by atoms with van der Waals surface area (Å²) in [5, 5.41) is 2.85. The Balaban J connectivity index is 1.82. The van der Waals surface area contributed by atoms with Gasteiger partial charge in [0.1, 0.15) is 5.82 Å². The molecule has 2 rings (SSSR count). The highest BCUT2D eigenvalue weighted by molar-refractivity contribution is 5.81. The van der Waals surface area contributed by atoms with Crippen LogP contribution >= 0.6 is 0 Å². The van der Waals surface area contributed by atoms with Crippen LogP contribution < -0.4 is 5.32 Å². The fraction of sp³-hybridized carbons (Fsp3) is 0.417. The second-order valence-corrected chi connectivity index (χ2v) is 4.16. The van der Waals surface area contributed by atoms with Crippen LogP contribution in [-0.2, 0) is 11.3 Å². The maximum Gasteiger partial charge on any atom is 0.223 e. The minimum absolute atomic E-state index is 0.117. The van der Waals surface area contributed by atoms with Crippen LogP contribution in [-0.4, -0.2) is 5.91 Å². The molecular weight excluding hydrogens is 193 g/mol. The van der Waals surface area contributed by atoms with E-state index in [1.54, 1.807) is 12.1 Å². The molecule has 1 aliphatic rings. The van der Waals surface area contributed by atoms with Crippen molar-refractivity contribution in [2.24, 2.45) is 11.8 Å². The van der Waals surface area contributed by atoms with Crippen molar-refractivity contribution in [3.8, 4) is 0 Å². The van der Waals surface area contributed by atoms with Gasteiger partial charge in [-0.3, -0.25) is 4.79 Å². The zero-order valence-electron chi connectivity index (χ0n) is 8.66. The van der Waals surface area contributed by atoms with Gasteiger partial charge in [-0.1, -0.05) is 19.1 Å². The molecule has 2 nitrogen and oxygen atoms in total. The molecule has 0 heterocycles. The normalized spacial score (nSPS) is 23.6. The Morgan fingerprint density at radius 2 is 2.07 bits per heavy atom. The van der Waals surface area contributed by atoms with E-state index in [0.717, 1.165) is 12.0 Å². The molecule has 0 spiro atoms. The van der Waals surface area contributed by atoms with Crippen LogP contribution in [0.25, 0.3) is 0 Å². The first-order chi connectivity index (χ1) is 7.16. The molecule has 3 heteroatoms. The minimum Gasteiger partial charge on any atom is -0.352 e. The second kappa shape index (κ2) is 4.01. The molecule has 0 saturated heterocycles. The van der Waals surface area contributed by atoms with Crippen molar-refractivity contribution in [2.75, 3.05) is 0 Å². The highest BCUT2D eigenvalue weighted by Crippen LogP contribution is 2.37. The fourth-order valence-electron chi connectivity index (χ4n) is 1.61. The third kappa shape index (κ3) is 2.55. The number of nitrogens with one attached hydrogen (secondary N) is 1. The van der Waals surface area contributed by atoms with Crippen LogP contribution in [0.2, 0.25) is 0 Å². The van der Waals surface area contributed by atoms with E-state index >= 15 is 0 Å². The van der Waals surface area contributed by atoms with E-state index in [1.165, 1.54) is 12.1 Å². The largest absolute Gasteiger partial charge is 0.352 e. The number of benzene rings is 1. The summed E-state index contributed by atoms with van der Waals surface area (Å²) >= 11 is 0. The molecular formula is C12H14FNO. The molecule has 2 atom stereocenters. The first-order valence-electron chi connectivity index (χ1n) is 5.19. The first kappa shape index (κ1) is 10.1. The average Bonchev–Trinajstić information content (AvgIpc) is 2.94. The van der Waals surface area contributed by atoms with Gasteiger partial charge in [0.25, 0.3) is 0 Å². The van der Waals surface area contributed by atoms with Crippen molar-refractivity contribution < 1.29 is 9.18 Å². The molecule has 15 heavy (non-hydrogen) atoms. The van der Waals surface area contributed by atoms with Crippen LogP contribution in [0.5, 0.6) is 0 Å². The molecule has 1 saturated carbocycles. The van der Waals surface area contributed by atoms with Gasteiger partial charge in [-0.05, 0) is 30.0 Å². The molecule has 1 aromatic rings. The van der Waals surface area contributed by atoms with Crippen molar-refractivity contribution in [3.05, 3.63) is 35.6 Å². The molecule has 0 aliphatic heterocycles. The van der Waals surface area contributed by atoms with Crippen molar-refractivity contribution >= 4 is 5.91 Å². The molecule has 1 N–H and O–H groups in total. The van der Waals surface area contributed by atoms with Gasteiger partial charge in [0.05, 0.1) is 0 Å². The van der Waals surface area contributed by atoms with Crippen molar-refractivity contribution in [1.29, 1.82) is 0 Å². The standard InChI is InChI=1S/C12H14FNO/c1-8-6-11(8)12(15)14-7-9-2-4-10(13)5-3-9/h2-5,8,11H,6-7H2,1H3,(H,14,15)/t8-,11-/m0/s1. The first-order valence-corrected chi connectivity index (χ1v) is 5.19. The van der Waals surface area contributed by atoms with Crippen molar-refractivity contribution in [2.45, 2.75) is 19.9 Å². The number of carbonyl (C=O) groups is 1. The van der Waals surface area contributed by atoms with E-state index in [0.29, 0.717) is 12.5 Å². The molecule has 0 bridgehead atoms. The summed E-state index contributed by atoms with van der Waals surface area (Å²) in [4.78, 5) is 11.5. The third-order valence-electron chi connectivity index (χ3n) is 2.83. The van der Waals surface area contributed by atoms with E-state index in [1.807, 2.05) is 0 Å². The number of amides is 1. The van der Waals surface area contributed by atoms with Crippen LogP contribution in [0, 0.1) is 17.7 Å². The summed E-state index contributed by atoms with van der Waals surface area (Å²) in [7, 11) is 0. The van der Waals surface area contributed by atoms with E-state index in [4.69, 9.17) is 0 Å². The van der Waals surface area contributed by atoms with Crippen LogP contribution in [0.3, 0.4) is 0 Å². The summed E-state index contributed by atoms with van der Waals surface area (Å²) in [6.07, 6.45) is 0.995. The number of carbonyl (C=O) groups excluding carboxylic acids is 1. The fourth-order valence-corrected chi connectivity index (χ4v) is 1.61. The van der Waals surface area contributed by atoms with Gasteiger partial charge in [0, 0.05) is 12.5 Å². The van der Waals surface area contributed by atoms with Gasteiger partial charge in [-0.2, -0.15) is 0 Å². The van der Waals surface area contributed by atoms with Gasteiger partial charge in [-0.15, -0.1) is 0 Å². The Kier molecular flexibility index (Phi) is 2.71. The summed E-state index contributed by atoms with van der Waals surface area (Å²) in [5.74, 6) is 0.594. The van der Waals surface area contributed by atoms with Crippen LogP contribution in [0.1, 0.15) is 18.9 Å². The SMILES string of the molecule is C[C@H]1C[C@@H]1C(=O)NCc1ccc(F)cc1. The number of rotatable bonds is 3. The Hall–Kier alpha value is -1.38. The number of hydrogen-bond acceptors (Lipinski definition) is 1. The predicted molar refractivity (Wildman–Crippen MR) is 55.5 cm³/mol. The Bertz CT molecular complexity index is 360. The maximum atomic E-state index is 12.6.